The number of carbonyl (C=O) groups is 1. The molecular weight excluding hydrogens is 334 g/mol. The smallest absolute Gasteiger partial charge is 0.409 e. The quantitative estimate of drug-likeness (QED) is 0.761. The molecule has 0 fully saturated rings. The highest BCUT2D eigenvalue weighted by Gasteiger charge is 2.22. The summed E-state index contributed by atoms with van der Waals surface area (Å²) in [4.78, 5) is 11.0. The van der Waals surface area contributed by atoms with Crippen LogP contribution in [0.4, 0.5) is 10.5 Å². The average molecular weight is 352 g/mol. The van der Waals surface area contributed by atoms with Gasteiger partial charge in [0.25, 0.3) is 0 Å². The van der Waals surface area contributed by atoms with Gasteiger partial charge in [-0.2, -0.15) is 0 Å². The standard InChI is InChI=1S/C17H18ClNO5/c1-9-7-13(19-17(21)22)11(8-12(9)18)15(20)10-5-4-6-14(23-2)16(10)24-3/h4-8,15,19-20H,1-3H3,(H,21,22). The number of hydrogen-bond donors (Lipinski definition) is 3. The molecule has 1 atom stereocenters. The van der Waals surface area contributed by atoms with Crippen LogP contribution in [0.15, 0.2) is 30.3 Å². The molecular formula is C17H18ClNO5. The highest BCUT2D eigenvalue weighted by molar-refractivity contribution is 6.31. The number of halogens is 1. The number of methoxy groups -OCH3 is 2. The molecule has 0 aliphatic carbocycles. The van der Waals surface area contributed by atoms with Crippen molar-refractivity contribution >= 4 is 23.4 Å². The van der Waals surface area contributed by atoms with E-state index in [1.54, 1.807) is 31.2 Å². The molecule has 0 bridgehead atoms. The summed E-state index contributed by atoms with van der Waals surface area (Å²) in [5.41, 5.74) is 1.69. The average Bonchev–Trinajstić information content (AvgIpc) is 2.55. The molecule has 0 aromatic heterocycles. The largest absolute Gasteiger partial charge is 0.493 e. The third-order valence-corrected chi connectivity index (χ3v) is 4.00. The Morgan fingerprint density at radius 1 is 1.21 bits per heavy atom. The maximum absolute atomic E-state index is 11.0. The Kier molecular flexibility index (Phi) is 5.54. The van der Waals surface area contributed by atoms with Gasteiger partial charge in [0, 0.05) is 16.1 Å². The zero-order chi connectivity index (χ0) is 17.9. The van der Waals surface area contributed by atoms with Crippen molar-refractivity contribution in [3.05, 3.63) is 52.0 Å². The SMILES string of the molecule is COc1cccc(C(O)c2cc(Cl)c(C)cc2NC(=O)O)c1OC. The summed E-state index contributed by atoms with van der Waals surface area (Å²) in [6.07, 6.45) is -2.39. The van der Waals surface area contributed by atoms with Gasteiger partial charge in [0.15, 0.2) is 11.5 Å². The summed E-state index contributed by atoms with van der Waals surface area (Å²) in [5.74, 6) is 0.825. The first-order valence-corrected chi connectivity index (χ1v) is 7.45. The number of nitrogens with one attached hydrogen (secondary N) is 1. The monoisotopic (exact) mass is 351 g/mol. The molecule has 24 heavy (non-hydrogen) atoms. The summed E-state index contributed by atoms with van der Waals surface area (Å²) in [7, 11) is 2.96. The Morgan fingerprint density at radius 2 is 1.92 bits per heavy atom. The van der Waals surface area contributed by atoms with E-state index >= 15 is 0 Å². The van der Waals surface area contributed by atoms with Gasteiger partial charge in [-0.15, -0.1) is 0 Å². The van der Waals surface area contributed by atoms with Crippen molar-refractivity contribution in [3.63, 3.8) is 0 Å². The van der Waals surface area contributed by atoms with Gasteiger partial charge in [-0.1, -0.05) is 23.7 Å². The van der Waals surface area contributed by atoms with Crippen molar-refractivity contribution in [1.82, 2.24) is 0 Å². The lowest BCUT2D eigenvalue weighted by molar-refractivity contribution is 0.208. The molecule has 0 heterocycles. The molecule has 128 valence electrons. The number of anilines is 1. The number of rotatable bonds is 5. The lowest BCUT2D eigenvalue weighted by atomic mass is 9.97. The Morgan fingerprint density at radius 3 is 2.50 bits per heavy atom. The molecule has 0 saturated heterocycles. The van der Waals surface area contributed by atoms with Gasteiger partial charge in [-0.05, 0) is 30.7 Å². The lowest BCUT2D eigenvalue weighted by Gasteiger charge is -2.20. The Labute approximate surface area is 144 Å². The van der Waals surface area contributed by atoms with Crippen molar-refractivity contribution in [2.24, 2.45) is 0 Å². The van der Waals surface area contributed by atoms with Gasteiger partial charge in [-0.3, -0.25) is 5.32 Å². The van der Waals surface area contributed by atoms with Crippen LogP contribution in [0.1, 0.15) is 22.8 Å². The summed E-state index contributed by atoms with van der Waals surface area (Å²) in [6, 6.07) is 8.19. The van der Waals surface area contributed by atoms with Crippen molar-refractivity contribution in [2.45, 2.75) is 13.0 Å². The first kappa shape index (κ1) is 17.9. The van der Waals surface area contributed by atoms with Gasteiger partial charge in [0.05, 0.1) is 19.9 Å². The van der Waals surface area contributed by atoms with E-state index in [4.69, 9.17) is 26.2 Å². The summed E-state index contributed by atoms with van der Waals surface area (Å²) in [5, 5.41) is 22.5. The molecule has 2 rings (SSSR count). The van der Waals surface area contributed by atoms with Crippen LogP contribution in [0.5, 0.6) is 11.5 Å². The molecule has 1 amide bonds. The molecule has 1 unspecified atom stereocenters. The highest BCUT2D eigenvalue weighted by Crippen LogP contribution is 2.40. The van der Waals surface area contributed by atoms with E-state index in [-0.39, 0.29) is 5.69 Å². The zero-order valence-electron chi connectivity index (χ0n) is 13.5. The Balaban J connectivity index is 2.59. The summed E-state index contributed by atoms with van der Waals surface area (Å²) >= 11 is 6.14. The number of amides is 1. The maximum Gasteiger partial charge on any atom is 0.409 e. The van der Waals surface area contributed by atoms with E-state index < -0.39 is 12.2 Å². The minimum Gasteiger partial charge on any atom is -0.493 e. The number of aliphatic hydroxyl groups is 1. The molecule has 2 aromatic carbocycles. The number of aliphatic hydroxyl groups excluding tert-OH is 1. The maximum atomic E-state index is 11.0. The van der Waals surface area contributed by atoms with Crippen molar-refractivity contribution in [3.8, 4) is 11.5 Å². The molecule has 0 aliphatic heterocycles. The van der Waals surface area contributed by atoms with Gasteiger partial charge < -0.3 is 19.7 Å². The predicted octanol–water partition coefficient (Wildman–Crippen LogP) is 3.84. The van der Waals surface area contributed by atoms with Gasteiger partial charge in [-0.25, -0.2) is 4.79 Å². The van der Waals surface area contributed by atoms with E-state index in [0.29, 0.717) is 33.2 Å². The minimum absolute atomic E-state index is 0.252. The second-order valence-corrected chi connectivity index (χ2v) is 5.51. The van der Waals surface area contributed by atoms with E-state index in [0.717, 1.165) is 0 Å². The molecule has 6 nitrogen and oxygen atoms in total. The van der Waals surface area contributed by atoms with E-state index in [2.05, 4.69) is 5.32 Å². The van der Waals surface area contributed by atoms with Crippen molar-refractivity contribution < 1.29 is 24.5 Å². The van der Waals surface area contributed by atoms with Crippen LogP contribution >= 0.6 is 11.6 Å². The molecule has 0 spiro atoms. The van der Waals surface area contributed by atoms with Crippen LogP contribution in [0.2, 0.25) is 5.02 Å². The van der Waals surface area contributed by atoms with Crippen LogP contribution in [-0.2, 0) is 0 Å². The van der Waals surface area contributed by atoms with E-state index in [9.17, 15) is 9.90 Å². The van der Waals surface area contributed by atoms with Crippen LogP contribution in [0, 0.1) is 6.92 Å². The molecule has 2 aromatic rings. The third-order valence-electron chi connectivity index (χ3n) is 3.59. The second kappa shape index (κ2) is 7.42. The zero-order valence-corrected chi connectivity index (χ0v) is 14.2. The first-order chi connectivity index (χ1) is 11.4. The minimum atomic E-state index is -1.23. The molecule has 3 N–H and O–H groups in total. The molecule has 0 radical (unpaired) electrons. The fraction of sp³-hybridized carbons (Fsp3) is 0.235. The highest BCUT2D eigenvalue weighted by atomic mass is 35.5. The summed E-state index contributed by atoms with van der Waals surface area (Å²) < 4.78 is 10.6. The third kappa shape index (κ3) is 3.55. The fourth-order valence-corrected chi connectivity index (χ4v) is 2.61. The fourth-order valence-electron chi connectivity index (χ4n) is 2.44. The molecule has 0 saturated carbocycles. The number of aryl methyl sites for hydroxylation is 1. The lowest BCUT2D eigenvalue weighted by Crippen LogP contribution is -2.13. The van der Waals surface area contributed by atoms with Crippen LogP contribution in [0.25, 0.3) is 0 Å². The van der Waals surface area contributed by atoms with Gasteiger partial charge >= 0.3 is 6.09 Å². The van der Waals surface area contributed by atoms with E-state index in [1.165, 1.54) is 20.3 Å². The van der Waals surface area contributed by atoms with Gasteiger partial charge in [0.1, 0.15) is 6.10 Å². The van der Waals surface area contributed by atoms with Crippen molar-refractivity contribution in [2.75, 3.05) is 19.5 Å². The van der Waals surface area contributed by atoms with E-state index in [1.807, 2.05) is 0 Å². The first-order valence-electron chi connectivity index (χ1n) is 7.08. The normalized spacial score (nSPS) is 11.7. The number of benzene rings is 2. The number of ether oxygens (including phenoxy) is 2. The Bertz CT molecular complexity index is 763. The van der Waals surface area contributed by atoms with Crippen LogP contribution < -0.4 is 14.8 Å². The van der Waals surface area contributed by atoms with Crippen molar-refractivity contribution in [1.29, 1.82) is 0 Å². The van der Waals surface area contributed by atoms with Crippen LogP contribution in [0.3, 0.4) is 0 Å². The molecule has 7 heteroatoms. The number of carboxylic acid groups (broad SMARTS) is 1. The second-order valence-electron chi connectivity index (χ2n) is 5.10. The van der Waals surface area contributed by atoms with Crippen LogP contribution in [-0.4, -0.2) is 30.5 Å². The van der Waals surface area contributed by atoms with Gasteiger partial charge in [0.2, 0.25) is 0 Å². The Hall–Kier alpha value is -2.44. The summed E-state index contributed by atoms with van der Waals surface area (Å²) in [6.45, 7) is 1.75. The number of hydrogen-bond acceptors (Lipinski definition) is 4. The molecule has 0 aliphatic rings. The number of para-hydroxylation sites is 1. The topological polar surface area (TPSA) is 88.0 Å². The predicted molar refractivity (Wildman–Crippen MR) is 91.4 cm³/mol.